The highest BCUT2D eigenvalue weighted by Gasteiger charge is 2.21. The van der Waals surface area contributed by atoms with Gasteiger partial charge >= 0.3 is 6.01 Å². The Kier molecular flexibility index (Phi) is 6.80. The third-order valence-electron chi connectivity index (χ3n) is 4.89. The fraction of sp³-hybridized carbons (Fsp3) is 0.182. The van der Waals surface area contributed by atoms with Gasteiger partial charge in [-0.25, -0.2) is 14.4 Å². The van der Waals surface area contributed by atoms with E-state index in [1.54, 1.807) is 15.9 Å². The second kappa shape index (κ2) is 9.92. The number of benzene rings is 1. The highest BCUT2D eigenvalue weighted by atomic mass is 32.1. The summed E-state index contributed by atoms with van der Waals surface area (Å²) in [5, 5.41) is 15.7. The quantitative estimate of drug-likeness (QED) is 0.365. The molecule has 4 aromatic rings. The maximum absolute atomic E-state index is 13.4. The van der Waals surface area contributed by atoms with E-state index in [1.807, 2.05) is 17.5 Å². The number of amides is 1. The zero-order chi connectivity index (χ0) is 23.4. The summed E-state index contributed by atoms with van der Waals surface area (Å²) in [4.78, 5) is 21.8. The van der Waals surface area contributed by atoms with Crippen LogP contribution in [0.15, 0.2) is 54.2 Å². The number of anilines is 1. The second-order valence-corrected chi connectivity index (χ2v) is 8.43. The first-order valence-electron chi connectivity index (χ1n) is 9.94. The number of aryl methyl sites for hydroxylation is 1. The van der Waals surface area contributed by atoms with Crippen LogP contribution in [0.4, 0.5) is 10.1 Å². The lowest BCUT2D eigenvalue weighted by atomic mass is 10.2. The number of methoxy groups -OCH3 is 1. The average molecular weight is 486 g/mol. The first-order valence-corrected chi connectivity index (χ1v) is 11.2. The van der Waals surface area contributed by atoms with Crippen LogP contribution in [0.1, 0.15) is 10.6 Å². The molecule has 1 aromatic carbocycles. The number of nitrogens with one attached hydrogen (secondary N) is 1. The maximum Gasteiger partial charge on any atom is 0.316 e. The molecule has 0 radical (unpaired) electrons. The van der Waals surface area contributed by atoms with Gasteiger partial charge in [-0.1, -0.05) is 6.07 Å². The highest BCUT2D eigenvalue weighted by molar-refractivity contribution is 7.71. The molecule has 8 nitrogen and oxygen atoms in total. The average Bonchev–Trinajstić information content (AvgIpc) is 3.41. The van der Waals surface area contributed by atoms with Gasteiger partial charge < -0.3 is 19.7 Å². The molecule has 170 valence electrons. The molecule has 3 aromatic heterocycles. The predicted octanol–water partition coefficient (Wildman–Crippen LogP) is 4.14. The Morgan fingerprint density at radius 2 is 1.97 bits per heavy atom. The third kappa shape index (κ3) is 5.10. The van der Waals surface area contributed by atoms with E-state index in [2.05, 4.69) is 15.3 Å². The number of carbonyl (C=O) groups is 1. The lowest BCUT2D eigenvalue weighted by Crippen LogP contribution is -2.18. The van der Waals surface area contributed by atoms with E-state index in [9.17, 15) is 14.3 Å². The van der Waals surface area contributed by atoms with Crippen LogP contribution in [-0.4, -0.2) is 37.2 Å². The van der Waals surface area contributed by atoms with Crippen LogP contribution in [0.3, 0.4) is 0 Å². The first-order chi connectivity index (χ1) is 16.0. The molecule has 4 rings (SSSR count). The van der Waals surface area contributed by atoms with Crippen LogP contribution >= 0.6 is 23.6 Å². The molecule has 1 amide bonds. The molecular weight excluding hydrogens is 465 g/mol. The number of halogens is 1. The molecule has 11 heteroatoms. The van der Waals surface area contributed by atoms with E-state index in [-0.39, 0.29) is 24.2 Å². The van der Waals surface area contributed by atoms with Crippen molar-refractivity contribution in [3.8, 4) is 17.6 Å². The minimum atomic E-state index is -0.400. The van der Waals surface area contributed by atoms with Crippen molar-refractivity contribution in [3.63, 3.8) is 0 Å². The first kappa shape index (κ1) is 22.6. The number of aromatic nitrogens is 4. The Labute approximate surface area is 197 Å². The van der Waals surface area contributed by atoms with E-state index in [4.69, 9.17) is 17.0 Å². The van der Waals surface area contributed by atoms with Crippen molar-refractivity contribution >= 4 is 35.1 Å². The summed E-state index contributed by atoms with van der Waals surface area (Å²) < 4.78 is 21.8. The number of carbonyl (C=O) groups excluding carboxylic acids is 1. The second-order valence-electron chi connectivity index (χ2n) is 7.03. The molecule has 0 aliphatic carbocycles. The lowest BCUT2D eigenvalue weighted by Gasteiger charge is -2.09. The van der Waals surface area contributed by atoms with E-state index >= 15 is 0 Å². The number of imidazole rings is 1. The molecule has 0 atom stereocenters. The Balaban J connectivity index is 1.65. The van der Waals surface area contributed by atoms with Gasteiger partial charge in [-0.2, -0.15) is 0 Å². The van der Waals surface area contributed by atoms with E-state index < -0.39 is 5.82 Å². The SMILES string of the molecule is COc1ncc(NC(=O)Cc2c(O)n(-c3ccc(F)cc3)c(=S)n2CCc2cccs2)cn1. The van der Waals surface area contributed by atoms with Gasteiger partial charge in [-0.05, 0) is 54.4 Å². The Morgan fingerprint density at radius 1 is 1.24 bits per heavy atom. The van der Waals surface area contributed by atoms with Crippen molar-refractivity contribution < 1.29 is 19.0 Å². The lowest BCUT2D eigenvalue weighted by molar-refractivity contribution is -0.115. The topological polar surface area (TPSA) is 94.2 Å². The summed E-state index contributed by atoms with van der Waals surface area (Å²) in [6, 6.07) is 9.78. The number of aromatic hydroxyl groups is 1. The van der Waals surface area contributed by atoms with Crippen molar-refractivity contribution in [2.45, 2.75) is 19.4 Å². The molecule has 0 fully saturated rings. The minimum absolute atomic E-state index is 0.139. The largest absolute Gasteiger partial charge is 0.493 e. The van der Waals surface area contributed by atoms with Crippen LogP contribution < -0.4 is 10.1 Å². The Bertz CT molecular complexity index is 1300. The van der Waals surface area contributed by atoms with Crippen molar-refractivity contribution in [2.24, 2.45) is 0 Å². The molecule has 0 unspecified atom stereocenters. The molecular formula is C22H20FN5O3S2. The molecule has 0 aliphatic heterocycles. The number of thiophene rings is 1. The zero-order valence-corrected chi connectivity index (χ0v) is 19.2. The molecule has 0 saturated carbocycles. The minimum Gasteiger partial charge on any atom is -0.493 e. The van der Waals surface area contributed by atoms with E-state index in [0.29, 0.717) is 34.8 Å². The van der Waals surface area contributed by atoms with Gasteiger partial charge in [0.05, 0.1) is 43.0 Å². The van der Waals surface area contributed by atoms with Gasteiger partial charge in [-0.15, -0.1) is 11.3 Å². The summed E-state index contributed by atoms with van der Waals surface area (Å²) in [5.41, 5.74) is 1.24. The van der Waals surface area contributed by atoms with Crippen LogP contribution in [0, 0.1) is 10.6 Å². The number of nitrogens with zero attached hydrogens (tertiary/aromatic N) is 4. The van der Waals surface area contributed by atoms with Gasteiger partial charge in [0, 0.05) is 11.4 Å². The van der Waals surface area contributed by atoms with Gasteiger partial charge in [0.1, 0.15) is 5.82 Å². The highest BCUT2D eigenvalue weighted by Crippen LogP contribution is 2.27. The maximum atomic E-state index is 13.4. The summed E-state index contributed by atoms with van der Waals surface area (Å²) in [7, 11) is 1.45. The van der Waals surface area contributed by atoms with Crippen molar-refractivity contribution in [3.05, 3.63) is 75.3 Å². The van der Waals surface area contributed by atoms with Gasteiger partial charge in [-0.3, -0.25) is 9.36 Å². The smallest absolute Gasteiger partial charge is 0.316 e. The molecule has 3 heterocycles. The molecule has 0 saturated heterocycles. The van der Waals surface area contributed by atoms with Crippen molar-refractivity contribution in [1.82, 2.24) is 19.1 Å². The van der Waals surface area contributed by atoms with E-state index in [1.165, 1.54) is 48.3 Å². The molecule has 2 N–H and O–H groups in total. The Hall–Kier alpha value is -3.57. The van der Waals surface area contributed by atoms with Crippen LogP contribution in [0.5, 0.6) is 11.9 Å². The Morgan fingerprint density at radius 3 is 2.61 bits per heavy atom. The van der Waals surface area contributed by atoms with Crippen LogP contribution in [0.25, 0.3) is 5.69 Å². The number of hydrogen-bond acceptors (Lipinski definition) is 7. The number of hydrogen-bond donors (Lipinski definition) is 2. The van der Waals surface area contributed by atoms with Gasteiger partial charge in [0.15, 0.2) is 4.77 Å². The fourth-order valence-electron chi connectivity index (χ4n) is 3.32. The fourth-order valence-corrected chi connectivity index (χ4v) is 4.42. The standard InChI is InChI=1S/C22H20FN5O3S2/c1-31-21-24-12-15(13-25-21)26-19(29)11-18-20(30)28(16-6-4-14(23)5-7-16)22(32)27(18)9-8-17-3-2-10-33-17/h2-7,10,12-13,30H,8-9,11H2,1H3,(H,26,29). The van der Waals surface area contributed by atoms with Crippen molar-refractivity contribution in [1.29, 1.82) is 0 Å². The number of rotatable bonds is 8. The zero-order valence-electron chi connectivity index (χ0n) is 17.6. The molecule has 33 heavy (non-hydrogen) atoms. The monoisotopic (exact) mass is 485 g/mol. The van der Waals surface area contributed by atoms with Crippen LogP contribution in [-0.2, 0) is 24.2 Å². The summed E-state index contributed by atoms with van der Waals surface area (Å²) in [5.74, 6) is -0.947. The molecule has 0 bridgehead atoms. The molecule has 0 spiro atoms. The normalized spacial score (nSPS) is 10.8. The number of ether oxygens (including phenoxy) is 1. The summed E-state index contributed by atoms with van der Waals surface area (Å²) >= 11 is 7.25. The third-order valence-corrected chi connectivity index (χ3v) is 6.23. The van der Waals surface area contributed by atoms with E-state index in [0.717, 1.165) is 4.88 Å². The predicted molar refractivity (Wildman–Crippen MR) is 125 cm³/mol. The van der Waals surface area contributed by atoms with Crippen LogP contribution in [0.2, 0.25) is 0 Å². The van der Waals surface area contributed by atoms with Gasteiger partial charge in [0.25, 0.3) is 0 Å². The van der Waals surface area contributed by atoms with Crippen molar-refractivity contribution in [2.75, 3.05) is 12.4 Å². The molecule has 0 aliphatic rings. The summed E-state index contributed by atoms with van der Waals surface area (Å²) in [6.45, 7) is 0.468. The van der Waals surface area contributed by atoms with Gasteiger partial charge in [0.2, 0.25) is 11.8 Å². The summed E-state index contributed by atoms with van der Waals surface area (Å²) in [6.07, 6.45) is 3.40.